The van der Waals surface area contributed by atoms with Crippen LogP contribution in [-0.2, 0) is 17.6 Å². The summed E-state index contributed by atoms with van der Waals surface area (Å²) in [5.41, 5.74) is 3.17. The zero-order valence-corrected chi connectivity index (χ0v) is 13.4. The molecule has 0 amide bonds. The fourth-order valence-corrected chi connectivity index (χ4v) is 2.81. The topological polar surface area (TPSA) is 26.3 Å². The summed E-state index contributed by atoms with van der Waals surface area (Å²) in [6.07, 6.45) is 4.27. The van der Waals surface area contributed by atoms with Gasteiger partial charge in [0.1, 0.15) is 0 Å². The third-order valence-electron chi connectivity index (χ3n) is 3.99. The quantitative estimate of drug-likeness (QED) is 0.694. The van der Waals surface area contributed by atoms with Crippen molar-refractivity contribution in [3.63, 3.8) is 0 Å². The third-order valence-corrected chi connectivity index (χ3v) is 3.99. The average Bonchev–Trinajstić information content (AvgIpc) is 2.55. The summed E-state index contributed by atoms with van der Waals surface area (Å²) < 4.78 is 4.84. The molecule has 0 aliphatic carbocycles. The van der Waals surface area contributed by atoms with E-state index in [0.717, 1.165) is 31.2 Å². The second-order valence-electron chi connectivity index (χ2n) is 5.84. The largest absolute Gasteiger partial charge is 0.465 e. The Bertz CT molecular complexity index is 590. The highest BCUT2D eigenvalue weighted by molar-refractivity contribution is 5.90. The molecular formula is C20H24O2. The molecule has 0 saturated carbocycles. The highest BCUT2D eigenvalue weighted by Crippen LogP contribution is 2.18. The molecule has 0 N–H and O–H groups in total. The van der Waals surface area contributed by atoms with E-state index in [1.165, 1.54) is 12.7 Å². The van der Waals surface area contributed by atoms with E-state index in [1.54, 1.807) is 0 Å². The van der Waals surface area contributed by atoms with Crippen LogP contribution in [0, 0.1) is 5.92 Å². The molecule has 0 aliphatic heterocycles. The molecule has 2 rings (SSSR count). The minimum Gasteiger partial charge on any atom is -0.465 e. The average molecular weight is 296 g/mol. The highest BCUT2D eigenvalue weighted by Gasteiger charge is 2.11. The summed E-state index contributed by atoms with van der Waals surface area (Å²) in [6.45, 7) is 2.29. The molecule has 2 heteroatoms. The second kappa shape index (κ2) is 8.38. The highest BCUT2D eigenvalue weighted by atomic mass is 16.5. The summed E-state index contributed by atoms with van der Waals surface area (Å²) in [5, 5.41) is 0. The number of hydrogen-bond acceptors (Lipinski definition) is 2. The Morgan fingerprint density at radius 2 is 1.73 bits per heavy atom. The van der Waals surface area contributed by atoms with Gasteiger partial charge in [0.2, 0.25) is 0 Å². The maximum Gasteiger partial charge on any atom is 0.338 e. The first-order valence-corrected chi connectivity index (χ1v) is 7.91. The van der Waals surface area contributed by atoms with E-state index in [4.69, 9.17) is 4.74 Å². The Kier molecular flexibility index (Phi) is 6.20. The van der Waals surface area contributed by atoms with Crippen molar-refractivity contribution in [1.82, 2.24) is 0 Å². The Morgan fingerprint density at radius 1 is 1.05 bits per heavy atom. The van der Waals surface area contributed by atoms with Crippen LogP contribution >= 0.6 is 0 Å². The minimum atomic E-state index is -0.243. The zero-order valence-electron chi connectivity index (χ0n) is 13.4. The van der Waals surface area contributed by atoms with Gasteiger partial charge in [-0.25, -0.2) is 4.79 Å². The van der Waals surface area contributed by atoms with E-state index in [9.17, 15) is 4.79 Å². The van der Waals surface area contributed by atoms with Crippen LogP contribution in [0.3, 0.4) is 0 Å². The van der Waals surface area contributed by atoms with E-state index in [0.29, 0.717) is 11.5 Å². The number of rotatable bonds is 7. The lowest BCUT2D eigenvalue weighted by Gasteiger charge is -2.12. The van der Waals surface area contributed by atoms with E-state index >= 15 is 0 Å². The fourth-order valence-electron chi connectivity index (χ4n) is 2.81. The van der Waals surface area contributed by atoms with Crippen molar-refractivity contribution in [3.05, 3.63) is 71.3 Å². The van der Waals surface area contributed by atoms with Gasteiger partial charge in [0.25, 0.3) is 0 Å². The summed E-state index contributed by atoms with van der Waals surface area (Å²) in [5.74, 6) is 0.403. The molecule has 0 fully saturated rings. The first-order chi connectivity index (χ1) is 10.7. The number of carbonyl (C=O) groups excluding carboxylic acids is 1. The van der Waals surface area contributed by atoms with Crippen LogP contribution in [-0.4, -0.2) is 13.1 Å². The van der Waals surface area contributed by atoms with Crippen molar-refractivity contribution in [2.75, 3.05) is 7.11 Å². The Labute approximate surface area is 133 Å². The van der Waals surface area contributed by atoms with Crippen molar-refractivity contribution in [2.45, 2.75) is 32.6 Å². The Balaban J connectivity index is 1.85. The lowest BCUT2D eigenvalue weighted by Crippen LogP contribution is -2.06. The SMILES string of the molecule is COC(=O)c1ccccc1CCCC(C)Cc1ccccc1. The van der Waals surface area contributed by atoms with Crippen molar-refractivity contribution < 1.29 is 9.53 Å². The van der Waals surface area contributed by atoms with Crippen LogP contribution in [0.4, 0.5) is 0 Å². The second-order valence-corrected chi connectivity index (χ2v) is 5.84. The van der Waals surface area contributed by atoms with Crippen LogP contribution in [0.15, 0.2) is 54.6 Å². The standard InChI is InChI=1S/C20H24O2/c1-16(15-17-10-4-3-5-11-17)9-8-13-18-12-6-7-14-19(18)20(21)22-2/h3-7,10-12,14,16H,8-9,13,15H2,1-2H3. The molecule has 2 nitrogen and oxygen atoms in total. The van der Waals surface area contributed by atoms with Gasteiger partial charge < -0.3 is 4.74 Å². The third kappa shape index (κ3) is 4.73. The summed E-state index contributed by atoms with van der Waals surface area (Å²) in [6, 6.07) is 18.3. The van der Waals surface area contributed by atoms with Gasteiger partial charge in [-0.05, 0) is 42.4 Å². The molecule has 0 radical (unpaired) electrons. The molecule has 2 aromatic rings. The molecule has 0 heterocycles. The molecule has 0 aliphatic rings. The monoisotopic (exact) mass is 296 g/mol. The number of aryl methyl sites for hydroxylation is 1. The van der Waals surface area contributed by atoms with Crippen LogP contribution in [0.2, 0.25) is 0 Å². The van der Waals surface area contributed by atoms with Gasteiger partial charge in [-0.15, -0.1) is 0 Å². The molecule has 1 atom stereocenters. The van der Waals surface area contributed by atoms with Crippen molar-refractivity contribution in [1.29, 1.82) is 0 Å². The van der Waals surface area contributed by atoms with E-state index < -0.39 is 0 Å². The van der Waals surface area contributed by atoms with Crippen LogP contribution in [0.1, 0.15) is 41.3 Å². The van der Waals surface area contributed by atoms with Gasteiger partial charge in [-0.1, -0.05) is 61.9 Å². The maximum absolute atomic E-state index is 11.8. The predicted molar refractivity (Wildman–Crippen MR) is 90.0 cm³/mol. The van der Waals surface area contributed by atoms with Crippen molar-refractivity contribution in [2.24, 2.45) is 5.92 Å². The zero-order chi connectivity index (χ0) is 15.8. The number of ether oxygens (including phenoxy) is 1. The molecule has 2 aromatic carbocycles. The first kappa shape index (κ1) is 16.3. The van der Waals surface area contributed by atoms with E-state index in [2.05, 4.69) is 37.3 Å². The smallest absolute Gasteiger partial charge is 0.338 e. The molecule has 1 unspecified atom stereocenters. The van der Waals surface area contributed by atoms with Gasteiger partial charge in [0.15, 0.2) is 0 Å². The number of carbonyl (C=O) groups is 1. The van der Waals surface area contributed by atoms with Gasteiger partial charge >= 0.3 is 5.97 Å². The van der Waals surface area contributed by atoms with E-state index in [1.807, 2.05) is 24.3 Å². The minimum absolute atomic E-state index is 0.243. The Hall–Kier alpha value is -2.09. The van der Waals surface area contributed by atoms with Crippen LogP contribution in [0.25, 0.3) is 0 Å². The van der Waals surface area contributed by atoms with Gasteiger partial charge in [0, 0.05) is 0 Å². The number of methoxy groups -OCH3 is 1. The molecule has 22 heavy (non-hydrogen) atoms. The lowest BCUT2D eigenvalue weighted by atomic mass is 9.94. The summed E-state index contributed by atoms with van der Waals surface area (Å²) in [7, 11) is 1.43. The van der Waals surface area contributed by atoms with Gasteiger partial charge in [-0.3, -0.25) is 0 Å². The summed E-state index contributed by atoms with van der Waals surface area (Å²) in [4.78, 5) is 11.8. The van der Waals surface area contributed by atoms with Gasteiger partial charge in [-0.2, -0.15) is 0 Å². The Morgan fingerprint density at radius 3 is 2.45 bits per heavy atom. The number of benzene rings is 2. The fraction of sp³-hybridized carbons (Fsp3) is 0.350. The molecule has 0 aromatic heterocycles. The van der Waals surface area contributed by atoms with Crippen molar-refractivity contribution >= 4 is 5.97 Å². The van der Waals surface area contributed by atoms with Crippen LogP contribution in [0.5, 0.6) is 0 Å². The molecular weight excluding hydrogens is 272 g/mol. The molecule has 0 bridgehead atoms. The molecule has 116 valence electrons. The molecule has 0 spiro atoms. The van der Waals surface area contributed by atoms with Gasteiger partial charge in [0.05, 0.1) is 12.7 Å². The molecule has 0 saturated heterocycles. The predicted octanol–water partition coefficient (Wildman–Crippen LogP) is 4.67. The van der Waals surface area contributed by atoms with Crippen molar-refractivity contribution in [3.8, 4) is 0 Å². The number of hydrogen-bond donors (Lipinski definition) is 0. The first-order valence-electron chi connectivity index (χ1n) is 7.91. The van der Waals surface area contributed by atoms with E-state index in [-0.39, 0.29) is 5.97 Å². The summed E-state index contributed by atoms with van der Waals surface area (Å²) >= 11 is 0. The normalized spacial score (nSPS) is 11.9. The lowest BCUT2D eigenvalue weighted by molar-refractivity contribution is 0.0599. The number of esters is 1. The van der Waals surface area contributed by atoms with Crippen LogP contribution < -0.4 is 0 Å². The maximum atomic E-state index is 11.8.